The van der Waals surface area contributed by atoms with Gasteiger partial charge in [0.2, 0.25) is 5.91 Å². The molecule has 0 bridgehead atoms. The van der Waals surface area contributed by atoms with Gasteiger partial charge in [-0.05, 0) is 37.1 Å². The van der Waals surface area contributed by atoms with Crippen molar-refractivity contribution in [2.24, 2.45) is 0 Å². The molecule has 2 N–H and O–H groups in total. The summed E-state index contributed by atoms with van der Waals surface area (Å²) in [6.45, 7) is 3.78. The second-order valence-electron chi connectivity index (χ2n) is 4.37. The van der Waals surface area contributed by atoms with Crippen LogP contribution in [-0.4, -0.2) is 37.1 Å². The molecule has 0 saturated carbocycles. The monoisotopic (exact) mass is 250 g/mol. The Labute approximate surface area is 106 Å². The highest BCUT2D eigenvalue weighted by molar-refractivity contribution is 5.84. The predicted molar refractivity (Wildman–Crippen MR) is 69.8 cm³/mol. The van der Waals surface area contributed by atoms with Crippen molar-refractivity contribution in [3.8, 4) is 0 Å². The summed E-state index contributed by atoms with van der Waals surface area (Å²) < 4.78 is 0. The quantitative estimate of drug-likeness (QED) is 0.816. The molecule has 0 atom stereocenters. The first-order chi connectivity index (χ1) is 8.38. The fraction of sp³-hybridized carbons (Fsp3) is 0.385. The molecule has 0 aromatic heterocycles. The van der Waals surface area contributed by atoms with Gasteiger partial charge >= 0.3 is 5.97 Å². The Bertz CT molecular complexity index is 437. The second kappa shape index (κ2) is 6.05. The lowest BCUT2D eigenvalue weighted by atomic mass is 10.1. The molecule has 0 radical (unpaired) electrons. The second-order valence-corrected chi connectivity index (χ2v) is 4.37. The number of amides is 1. The van der Waals surface area contributed by atoms with Gasteiger partial charge in [0, 0.05) is 12.7 Å². The molecule has 0 fully saturated rings. The van der Waals surface area contributed by atoms with E-state index in [0.29, 0.717) is 0 Å². The fourth-order valence-corrected chi connectivity index (χ4v) is 1.71. The molecule has 0 unspecified atom stereocenters. The van der Waals surface area contributed by atoms with E-state index in [1.807, 2.05) is 26.0 Å². The molecule has 5 nitrogen and oxygen atoms in total. The van der Waals surface area contributed by atoms with Crippen LogP contribution in [-0.2, 0) is 9.59 Å². The lowest BCUT2D eigenvalue weighted by Crippen LogP contribution is -2.37. The highest BCUT2D eigenvalue weighted by Crippen LogP contribution is 2.16. The van der Waals surface area contributed by atoms with E-state index in [9.17, 15) is 9.59 Å². The van der Waals surface area contributed by atoms with E-state index < -0.39 is 5.97 Å². The van der Waals surface area contributed by atoms with Crippen LogP contribution in [0.25, 0.3) is 0 Å². The molecule has 0 aliphatic heterocycles. The molecule has 0 aliphatic rings. The third kappa shape index (κ3) is 4.45. The minimum Gasteiger partial charge on any atom is -0.480 e. The first-order valence-corrected chi connectivity index (χ1v) is 5.66. The molecular weight excluding hydrogens is 232 g/mol. The van der Waals surface area contributed by atoms with Crippen LogP contribution in [0.5, 0.6) is 0 Å². The molecule has 0 saturated heterocycles. The van der Waals surface area contributed by atoms with E-state index in [4.69, 9.17) is 5.11 Å². The van der Waals surface area contributed by atoms with E-state index >= 15 is 0 Å². The molecule has 1 amide bonds. The normalized spacial score (nSPS) is 9.94. The summed E-state index contributed by atoms with van der Waals surface area (Å²) in [6, 6.07) is 6.02. The third-order valence-electron chi connectivity index (χ3n) is 2.46. The van der Waals surface area contributed by atoms with Crippen molar-refractivity contribution in [3.05, 3.63) is 29.3 Å². The molecule has 1 rings (SSSR count). The topological polar surface area (TPSA) is 69.6 Å². The molecule has 1 aromatic carbocycles. The number of nitrogens with zero attached hydrogens (tertiary/aromatic N) is 1. The first kappa shape index (κ1) is 14.0. The zero-order chi connectivity index (χ0) is 13.7. The van der Waals surface area contributed by atoms with Crippen LogP contribution in [0.4, 0.5) is 5.69 Å². The Morgan fingerprint density at radius 1 is 1.22 bits per heavy atom. The largest absolute Gasteiger partial charge is 0.480 e. The summed E-state index contributed by atoms with van der Waals surface area (Å²) in [4.78, 5) is 23.6. The van der Waals surface area contributed by atoms with Crippen LogP contribution >= 0.6 is 0 Å². The van der Waals surface area contributed by atoms with E-state index in [-0.39, 0.29) is 19.0 Å². The standard InChI is InChI=1S/C13H18N2O3/c1-9-4-10(2)6-11(5-9)15(3)8-12(16)14-7-13(17)18/h4-6H,7-8H2,1-3H3,(H,14,16)(H,17,18). The Kier molecular flexibility index (Phi) is 4.71. The molecule has 98 valence electrons. The molecule has 18 heavy (non-hydrogen) atoms. The van der Waals surface area contributed by atoms with Crippen molar-refractivity contribution >= 4 is 17.6 Å². The van der Waals surface area contributed by atoms with Crippen LogP contribution in [0.15, 0.2) is 18.2 Å². The van der Waals surface area contributed by atoms with Gasteiger partial charge in [-0.15, -0.1) is 0 Å². The highest BCUT2D eigenvalue weighted by atomic mass is 16.4. The maximum Gasteiger partial charge on any atom is 0.322 e. The molecule has 1 aromatic rings. The number of rotatable bonds is 5. The minimum atomic E-state index is -1.04. The summed E-state index contributed by atoms with van der Waals surface area (Å²) in [5.74, 6) is -1.35. The van der Waals surface area contributed by atoms with Crippen LogP contribution in [0.2, 0.25) is 0 Å². The van der Waals surface area contributed by atoms with Gasteiger partial charge in [0.15, 0.2) is 0 Å². The summed E-state index contributed by atoms with van der Waals surface area (Å²) >= 11 is 0. The maximum absolute atomic E-state index is 11.5. The Balaban J connectivity index is 2.61. The molecule has 0 aliphatic carbocycles. The number of aliphatic carboxylic acids is 1. The van der Waals surface area contributed by atoms with E-state index in [1.165, 1.54) is 0 Å². The summed E-state index contributed by atoms with van der Waals surface area (Å²) in [7, 11) is 1.80. The molecule has 0 heterocycles. The zero-order valence-corrected chi connectivity index (χ0v) is 10.9. The summed E-state index contributed by atoms with van der Waals surface area (Å²) in [6.07, 6.45) is 0. The van der Waals surface area contributed by atoms with Gasteiger partial charge in [0.05, 0.1) is 6.54 Å². The van der Waals surface area contributed by atoms with Crippen LogP contribution in [0, 0.1) is 13.8 Å². The van der Waals surface area contributed by atoms with Crippen molar-refractivity contribution in [3.63, 3.8) is 0 Å². The number of carboxylic acids is 1. The van der Waals surface area contributed by atoms with Crippen LogP contribution < -0.4 is 10.2 Å². The van der Waals surface area contributed by atoms with Crippen molar-refractivity contribution in [1.82, 2.24) is 5.32 Å². The van der Waals surface area contributed by atoms with Crippen molar-refractivity contribution < 1.29 is 14.7 Å². The molecular formula is C13H18N2O3. The Morgan fingerprint density at radius 2 is 1.78 bits per heavy atom. The van der Waals surface area contributed by atoms with Crippen molar-refractivity contribution in [2.75, 3.05) is 25.0 Å². The Morgan fingerprint density at radius 3 is 2.28 bits per heavy atom. The van der Waals surface area contributed by atoms with E-state index in [2.05, 4.69) is 11.4 Å². The summed E-state index contributed by atoms with van der Waals surface area (Å²) in [5.41, 5.74) is 3.20. The number of anilines is 1. The number of nitrogens with one attached hydrogen (secondary N) is 1. The Hall–Kier alpha value is -2.04. The number of hydrogen-bond acceptors (Lipinski definition) is 3. The number of carboxylic acid groups (broad SMARTS) is 1. The van der Waals surface area contributed by atoms with Crippen molar-refractivity contribution in [2.45, 2.75) is 13.8 Å². The van der Waals surface area contributed by atoms with Gasteiger partial charge in [-0.3, -0.25) is 9.59 Å². The predicted octanol–water partition coefficient (Wildman–Crippen LogP) is 0.940. The summed E-state index contributed by atoms with van der Waals surface area (Å²) in [5, 5.41) is 10.8. The SMILES string of the molecule is Cc1cc(C)cc(N(C)CC(=O)NCC(=O)O)c1. The minimum absolute atomic E-state index is 0.135. The van der Waals surface area contributed by atoms with Gasteiger partial charge in [-0.2, -0.15) is 0 Å². The number of carbonyl (C=O) groups is 2. The lowest BCUT2D eigenvalue weighted by molar-refractivity contribution is -0.137. The average Bonchev–Trinajstić information content (AvgIpc) is 2.25. The van der Waals surface area contributed by atoms with Crippen LogP contribution in [0.3, 0.4) is 0 Å². The van der Waals surface area contributed by atoms with Gasteiger partial charge in [-0.25, -0.2) is 0 Å². The van der Waals surface area contributed by atoms with Gasteiger partial charge in [0.1, 0.15) is 6.54 Å². The number of likely N-dealkylation sites (N-methyl/N-ethyl adjacent to an activating group) is 1. The zero-order valence-electron chi connectivity index (χ0n) is 10.9. The van der Waals surface area contributed by atoms with E-state index in [0.717, 1.165) is 16.8 Å². The number of carbonyl (C=O) groups excluding carboxylic acids is 1. The lowest BCUT2D eigenvalue weighted by Gasteiger charge is -2.19. The molecule has 5 heteroatoms. The van der Waals surface area contributed by atoms with Crippen LogP contribution in [0.1, 0.15) is 11.1 Å². The van der Waals surface area contributed by atoms with Gasteiger partial charge in [0.25, 0.3) is 0 Å². The number of hydrogen-bond donors (Lipinski definition) is 2. The van der Waals surface area contributed by atoms with Gasteiger partial charge < -0.3 is 15.3 Å². The number of aryl methyl sites for hydroxylation is 2. The molecule has 0 spiro atoms. The maximum atomic E-state index is 11.5. The highest BCUT2D eigenvalue weighted by Gasteiger charge is 2.09. The van der Waals surface area contributed by atoms with Gasteiger partial charge in [-0.1, -0.05) is 6.07 Å². The first-order valence-electron chi connectivity index (χ1n) is 5.66. The third-order valence-corrected chi connectivity index (χ3v) is 2.46. The number of benzene rings is 1. The average molecular weight is 250 g/mol. The van der Waals surface area contributed by atoms with Crippen molar-refractivity contribution in [1.29, 1.82) is 0 Å². The van der Waals surface area contributed by atoms with E-state index in [1.54, 1.807) is 11.9 Å². The fourth-order valence-electron chi connectivity index (χ4n) is 1.71. The smallest absolute Gasteiger partial charge is 0.322 e.